The average Bonchev–Trinajstić information content (AvgIpc) is 2.67. The molecule has 0 aliphatic heterocycles. The molecule has 6 nitrogen and oxygen atoms in total. The van der Waals surface area contributed by atoms with Crippen molar-refractivity contribution in [1.29, 1.82) is 0 Å². The molecule has 0 saturated carbocycles. The molecule has 0 fully saturated rings. The van der Waals surface area contributed by atoms with Gasteiger partial charge in [0.05, 0.1) is 16.3 Å². The third-order valence-electron chi connectivity index (χ3n) is 2.51. The number of nitrogens with zero attached hydrogens (tertiary/aromatic N) is 3. The first-order valence-corrected chi connectivity index (χ1v) is 5.85. The van der Waals surface area contributed by atoms with E-state index in [2.05, 4.69) is 10.3 Å². The molecule has 0 unspecified atom stereocenters. The second-order valence-corrected chi connectivity index (χ2v) is 4.36. The molecule has 0 atom stereocenters. The predicted octanol–water partition coefficient (Wildman–Crippen LogP) is 2.27. The lowest BCUT2D eigenvalue weighted by molar-refractivity contribution is 0.318. The van der Waals surface area contributed by atoms with Gasteiger partial charge in [-0.2, -0.15) is 5.10 Å². The van der Waals surface area contributed by atoms with E-state index >= 15 is 0 Å². The first-order valence-electron chi connectivity index (χ1n) is 5.48. The van der Waals surface area contributed by atoms with Gasteiger partial charge in [-0.05, 0) is 19.1 Å². The van der Waals surface area contributed by atoms with Crippen LogP contribution in [0.4, 0.5) is 0 Å². The Bertz CT molecular complexity index is 637. The Hall–Kier alpha value is -2.21. The molecule has 0 aliphatic rings. The minimum atomic E-state index is -0.112. The molecule has 7 heteroatoms. The summed E-state index contributed by atoms with van der Waals surface area (Å²) < 4.78 is 7.30. The minimum Gasteiger partial charge on any atom is -0.438 e. The van der Waals surface area contributed by atoms with Gasteiger partial charge in [0.25, 0.3) is 0 Å². The van der Waals surface area contributed by atoms with Gasteiger partial charge in [-0.25, -0.2) is 4.68 Å². The summed E-state index contributed by atoms with van der Waals surface area (Å²) in [5, 5.41) is 16.3. The fraction of sp³-hybridized carbons (Fsp3) is 0.167. The van der Waals surface area contributed by atoms with E-state index < -0.39 is 0 Å². The summed E-state index contributed by atoms with van der Waals surface area (Å²) in [6.07, 6.45) is 0. The van der Waals surface area contributed by atoms with Crippen molar-refractivity contribution in [3.8, 4) is 11.6 Å². The van der Waals surface area contributed by atoms with E-state index in [0.717, 1.165) is 5.69 Å². The van der Waals surface area contributed by atoms with E-state index in [-0.39, 0.29) is 5.84 Å². The Morgan fingerprint density at radius 3 is 2.84 bits per heavy atom. The van der Waals surface area contributed by atoms with E-state index in [4.69, 9.17) is 27.3 Å². The van der Waals surface area contributed by atoms with Crippen LogP contribution in [-0.2, 0) is 7.05 Å². The zero-order valence-electron chi connectivity index (χ0n) is 10.5. The number of halogens is 1. The van der Waals surface area contributed by atoms with Gasteiger partial charge in [-0.15, -0.1) is 0 Å². The molecule has 19 heavy (non-hydrogen) atoms. The standard InChI is InChI=1S/C12H13ClN4O2/c1-7-6-10(17(2)15-7)19-9-5-3-4-8(13)11(9)12(14)16-18/h3-6,18H,1-2H3,(H2,14,16). The van der Waals surface area contributed by atoms with Crippen LogP contribution >= 0.6 is 11.6 Å². The van der Waals surface area contributed by atoms with E-state index in [1.807, 2.05) is 6.92 Å². The van der Waals surface area contributed by atoms with Crippen molar-refractivity contribution >= 4 is 17.4 Å². The van der Waals surface area contributed by atoms with Crippen molar-refractivity contribution < 1.29 is 9.94 Å². The van der Waals surface area contributed by atoms with Crippen LogP contribution in [0.2, 0.25) is 5.02 Å². The van der Waals surface area contributed by atoms with Crippen molar-refractivity contribution in [3.05, 3.63) is 40.5 Å². The minimum absolute atomic E-state index is 0.112. The first kappa shape index (κ1) is 13.2. The Balaban J connectivity index is 2.46. The van der Waals surface area contributed by atoms with Crippen LogP contribution in [0.25, 0.3) is 0 Å². The monoisotopic (exact) mass is 280 g/mol. The van der Waals surface area contributed by atoms with Crippen molar-refractivity contribution in [1.82, 2.24) is 9.78 Å². The summed E-state index contributed by atoms with van der Waals surface area (Å²) in [6, 6.07) is 6.81. The SMILES string of the molecule is Cc1cc(Oc2cccc(Cl)c2/C(N)=N/O)n(C)n1. The Labute approximate surface area is 115 Å². The number of aryl methyl sites for hydroxylation is 2. The van der Waals surface area contributed by atoms with Crippen LogP contribution in [0.1, 0.15) is 11.3 Å². The van der Waals surface area contributed by atoms with Crippen molar-refractivity contribution in [3.63, 3.8) is 0 Å². The number of aromatic nitrogens is 2. The maximum absolute atomic E-state index is 8.79. The molecule has 1 aromatic carbocycles. The normalized spacial score (nSPS) is 11.6. The number of nitrogens with two attached hydrogens (primary N) is 1. The van der Waals surface area contributed by atoms with E-state index in [1.54, 1.807) is 36.0 Å². The van der Waals surface area contributed by atoms with E-state index in [0.29, 0.717) is 22.2 Å². The molecule has 2 aromatic rings. The van der Waals surface area contributed by atoms with E-state index in [9.17, 15) is 0 Å². The molecule has 1 heterocycles. The summed E-state index contributed by atoms with van der Waals surface area (Å²) in [7, 11) is 1.76. The molecule has 1 aromatic heterocycles. The van der Waals surface area contributed by atoms with Crippen LogP contribution in [-0.4, -0.2) is 20.8 Å². The molecular formula is C12H13ClN4O2. The number of hydrogen-bond acceptors (Lipinski definition) is 4. The van der Waals surface area contributed by atoms with Crippen LogP contribution < -0.4 is 10.5 Å². The molecular weight excluding hydrogens is 268 g/mol. The average molecular weight is 281 g/mol. The van der Waals surface area contributed by atoms with Crippen molar-refractivity contribution in [2.75, 3.05) is 0 Å². The second-order valence-electron chi connectivity index (χ2n) is 3.95. The molecule has 0 saturated heterocycles. The van der Waals surface area contributed by atoms with Crippen LogP contribution in [0.15, 0.2) is 29.4 Å². The molecule has 0 aliphatic carbocycles. The summed E-state index contributed by atoms with van der Waals surface area (Å²) in [5.74, 6) is 0.817. The largest absolute Gasteiger partial charge is 0.438 e. The molecule has 2 rings (SSSR count). The first-order chi connectivity index (χ1) is 9.02. The summed E-state index contributed by atoms with van der Waals surface area (Å²) in [4.78, 5) is 0. The zero-order valence-corrected chi connectivity index (χ0v) is 11.2. The number of rotatable bonds is 3. The highest BCUT2D eigenvalue weighted by Gasteiger charge is 2.15. The van der Waals surface area contributed by atoms with Crippen LogP contribution in [0, 0.1) is 6.92 Å². The lowest BCUT2D eigenvalue weighted by atomic mass is 10.2. The molecule has 0 spiro atoms. The van der Waals surface area contributed by atoms with Gasteiger partial charge in [-0.1, -0.05) is 22.8 Å². The quantitative estimate of drug-likeness (QED) is 0.391. The van der Waals surface area contributed by atoms with Crippen molar-refractivity contribution in [2.24, 2.45) is 17.9 Å². The van der Waals surface area contributed by atoms with Gasteiger partial charge in [0, 0.05) is 13.1 Å². The fourth-order valence-electron chi connectivity index (χ4n) is 1.68. The van der Waals surface area contributed by atoms with Gasteiger partial charge in [0.15, 0.2) is 5.84 Å². The number of oxime groups is 1. The topological polar surface area (TPSA) is 85.7 Å². The highest BCUT2D eigenvalue weighted by molar-refractivity contribution is 6.34. The lowest BCUT2D eigenvalue weighted by Gasteiger charge is -2.11. The molecule has 0 radical (unpaired) electrons. The smallest absolute Gasteiger partial charge is 0.217 e. The van der Waals surface area contributed by atoms with Crippen LogP contribution in [0.3, 0.4) is 0 Å². The number of ether oxygens (including phenoxy) is 1. The summed E-state index contributed by atoms with van der Waals surface area (Å²) in [6.45, 7) is 1.86. The Morgan fingerprint density at radius 2 is 2.26 bits per heavy atom. The fourth-order valence-corrected chi connectivity index (χ4v) is 1.95. The zero-order chi connectivity index (χ0) is 14.0. The maximum atomic E-state index is 8.79. The number of amidine groups is 1. The van der Waals surface area contributed by atoms with Gasteiger partial charge >= 0.3 is 0 Å². The van der Waals surface area contributed by atoms with Crippen LogP contribution in [0.5, 0.6) is 11.6 Å². The predicted molar refractivity (Wildman–Crippen MR) is 72.0 cm³/mol. The third-order valence-corrected chi connectivity index (χ3v) is 2.83. The van der Waals surface area contributed by atoms with Gasteiger partial charge in [-0.3, -0.25) is 0 Å². The Kier molecular flexibility index (Phi) is 3.62. The van der Waals surface area contributed by atoms with E-state index in [1.165, 1.54) is 0 Å². The molecule has 0 amide bonds. The highest BCUT2D eigenvalue weighted by Crippen LogP contribution is 2.30. The summed E-state index contributed by atoms with van der Waals surface area (Å²) >= 11 is 6.04. The van der Waals surface area contributed by atoms with Crippen molar-refractivity contribution in [2.45, 2.75) is 6.92 Å². The summed E-state index contributed by atoms with van der Waals surface area (Å²) in [5.41, 5.74) is 6.77. The van der Waals surface area contributed by atoms with Gasteiger partial charge in [0.1, 0.15) is 5.75 Å². The molecule has 100 valence electrons. The molecule has 0 bridgehead atoms. The number of hydrogen-bond donors (Lipinski definition) is 2. The third kappa shape index (κ3) is 2.63. The Morgan fingerprint density at radius 1 is 1.53 bits per heavy atom. The highest BCUT2D eigenvalue weighted by atomic mass is 35.5. The lowest BCUT2D eigenvalue weighted by Crippen LogP contribution is -2.15. The second kappa shape index (κ2) is 5.19. The maximum Gasteiger partial charge on any atom is 0.217 e. The molecule has 3 N–H and O–H groups in total. The number of benzene rings is 1. The van der Waals surface area contributed by atoms with Gasteiger partial charge < -0.3 is 15.7 Å². The van der Waals surface area contributed by atoms with Gasteiger partial charge in [0.2, 0.25) is 5.88 Å².